The standard InChI is InChI=1S/C12H11N.C4H11O4P/c1-3-7-11(8-4-1)13-12-9-5-2-6-10-12;1-2-3-4-8-9(5,6)7/h1-10,13H;2-4H2,1H3,(H2,5,6,7). The first-order valence-electron chi connectivity index (χ1n) is 7.08. The molecule has 0 atom stereocenters. The van der Waals surface area contributed by atoms with Gasteiger partial charge in [-0.15, -0.1) is 0 Å². The van der Waals surface area contributed by atoms with E-state index in [0.29, 0.717) is 6.42 Å². The van der Waals surface area contributed by atoms with Crippen LogP contribution in [0.15, 0.2) is 60.7 Å². The van der Waals surface area contributed by atoms with E-state index in [0.717, 1.165) is 17.8 Å². The van der Waals surface area contributed by atoms with Crippen LogP contribution in [0.4, 0.5) is 11.4 Å². The molecule has 0 aliphatic rings. The Morgan fingerprint density at radius 3 is 1.77 bits per heavy atom. The van der Waals surface area contributed by atoms with E-state index < -0.39 is 7.82 Å². The summed E-state index contributed by atoms with van der Waals surface area (Å²) < 4.78 is 14.1. The summed E-state index contributed by atoms with van der Waals surface area (Å²) in [6.07, 6.45) is 1.56. The SMILES string of the molecule is CCCCOP(=O)(O)O.c1ccc(Nc2ccccc2)cc1. The molecule has 0 radical (unpaired) electrons. The minimum absolute atomic E-state index is 0.140. The third-order valence-electron chi connectivity index (χ3n) is 2.59. The highest BCUT2D eigenvalue weighted by Crippen LogP contribution is 2.35. The topological polar surface area (TPSA) is 78.8 Å². The second-order valence-electron chi connectivity index (χ2n) is 4.53. The molecular formula is C16H22NO4P. The van der Waals surface area contributed by atoms with Gasteiger partial charge in [-0.1, -0.05) is 49.7 Å². The fourth-order valence-electron chi connectivity index (χ4n) is 1.54. The highest BCUT2D eigenvalue weighted by molar-refractivity contribution is 7.46. The van der Waals surface area contributed by atoms with Crippen molar-refractivity contribution in [3.8, 4) is 0 Å². The molecule has 0 aliphatic heterocycles. The molecule has 0 bridgehead atoms. The lowest BCUT2D eigenvalue weighted by Gasteiger charge is -2.04. The predicted molar refractivity (Wildman–Crippen MR) is 89.1 cm³/mol. The molecule has 120 valence electrons. The van der Waals surface area contributed by atoms with Crippen LogP contribution in [-0.4, -0.2) is 16.4 Å². The molecule has 2 aromatic carbocycles. The van der Waals surface area contributed by atoms with Crippen LogP contribution in [0.5, 0.6) is 0 Å². The van der Waals surface area contributed by atoms with E-state index in [1.54, 1.807) is 0 Å². The first kappa shape index (κ1) is 18.4. The molecule has 0 spiro atoms. The molecule has 0 amide bonds. The molecule has 2 aromatic rings. The summed E-state index contributed by atoms with van der Waals surface area (Å²) in [4.78, 5) is 16.3. The van der Waals surface area contributed by atoms with Gasteiger partial charge in [0.05, 0.1) is 6.61 Å². The van der Waals surface area contributed by atoms with Gasteiger partial charge in [0.15, 0.2) is 0 Å². The molecule has 0 unspecified atom stereocenters. The van der Waals surface area contributed by atoms with Crippen LogP contribution in [0.1, 0.15) is 19.8 Å². The van der Waals surface area contributed by atoms with E-state index in [2.05, 4.69) is 9.84 Å². The van der Waals surface area contributed by atoms with Gasteiger partial charge in [0.2, 0.25) is 0 Å². The quantitative estimate of drug-likeness (QED) is 0.545. The van der Waals surface area contributed by atoms with E-state index in [-0.39, 0.29) is 6.61 Å². The third kappa shape index (κ3) is 9.32. The van der Waals surface area contributed by atoms with Crippen molar-refractivity contribution < 1.29 is 18.9 Å². The summed E-state index contributed by atoms with van der Waals surface area (Å²) in [6.45, 7) is 2.06. The van der Waals surface area contributed by atoms with Crippen LogP contribution in [0, 0.1) is 0 Å². The highest BCUT2D eigenvalue weighted by Gasteiger charge is 2.11. The van der Waals surface area contributed by atoms with Gasteiger partial charge in [-0.25, -0.2) is 4.57 Å². The van der Waals surface area contributed by atoms with E-state index in [9.17, 15) is 4.57 Å². The third-order valence-corrected chi connectivity index (χ3v) is 3.11. The number of benzene rings is 2. The van der Waals surface area contributed by atoms with Crippen LogP contribution in [0.3, 0.4) is 0 Å². The molecule has 0 saturated heterocycles. The normalized spacial score (nSPS) is 10.5. The highest BCUT2D eigenvalue weighted by atomic mass is 31.2. The number of anilines is 2. The van der Waals surface area contributed by atoms with E-state index in [1.165, 1.54) is 0 Å². The number of phosphoric acid groups is 1. The van der Waals surface area contributed by atoms with Gasteiger partial charge in [-0.05, 0) is 30.7 Å². The Morgan fingerprint density at radius 1 is 0.955 bits per heavy atom. The van der Waals surface area contributed by atoms with Gasteiger partial charge in [-0.3, -0.25) is 4.52 Å². The summed E-state index contributed by atoms with van der Waals surface area (Å²) in [5.74, 6) is 0. The maximum absolute atomic E-state index is 9.98. The number of phosphoric ester groups is 1. The first-order chi connectivity index (χ1) is 10.5. The number of rotatable bonds is 6. The first-order valence-corrected chi connectivity index (χ1v) is 8.61. The largest absolute Gasteiger partial charge is 0.469 e. The van der Waals surface area contributed by atoms with Gasteiger partial charge in [0, 0.05) is 11.4 Å². The Morgan fingerprint density at radius 2 is 1.41 bits per heavy atom. The molecule has 6 heteroatoms. The summed E-state index contributed by atoms with van der Waals surface area (Å²) in [5.41, 5.74) is 2.24. The average Bonchev–Trinajstić information content (AvgIpc) is 2.49. The minimum Gasteiger partial charge on any atom is -0.356 e. The van der Waals surface area contributed by atoms with Gasteiger partial charge in [-0.2, -0.15) is 0 Å². The monoisotopic (exact) mass is 323 g/mol. The number of nitrogens with one attached hydrogen (secondary N) is 1. The maximum atomic E-state index is 9.98. The Hall–Kier alpha value is -1.65. The molecule has 22 heavy (non-hydrogen) atoms. The summed E-state index contributed by atoms with van der Waals surface area (Å²) in [7, 11) is -4.20. The summed E-state index contributed by atoms with van der Waals surface area (Å²) in [6, 6.07) is 20.3. The zero-order valence-electron chi connectivity index (χ0n) is 12.6. The van der Waals surface area contributed by atoms with Crippen molar-refractivity contribution in [2.75, 3.05) is 11.9 Å². The van der Waals surface area contributed by atoms with Gasteiger partial charge in [0.1, 0.15) is 0 Å². The van der Waals surface area contributed by atoms with E-state index in [1.807, 2.05) is 67.6 Å². The van der Waals surface area contributed by atoms with Crippen molar-refractivity contribution in [2.45, 2.75) is 19.8 Å². The molecule has 0 fully saturated rings. The molecule has 0 saturated carbocycles. The molecule has 2 rings (SSSR count). The fourth-order valence-corrected chi connectivity index (χ4v) is 1.90. The number of para-hydroxylation sites is 2. The van der Waals surface area contributed by atoms with Gasteiger partial charge < -0.3 is 15.1 Å². The van der Waals surface area contributed by atoms with Crippen molar-refractivity contribution in [1.29, 1.82) is 0 Å². The Kier molecular flexibility index (Phi) is 8.48. The van der Waals surface area contributed by atoms with Crippen molar-refractivity contribution >= 4 is 19.2 Å². The van der Waals surface area contributed by atoms with Crippen LogP contribution >= 0.6 is 7.82 Å². The lowest BCUT2D eigenvalue weighted by molar-refractivity contribution is 0.194. The molecule has 3 N–H and O–H groups in total. The average molecular weight is 323 g/mol. The zero-order valence-corrected chi connectivity index (χ0v) is 13.4. The van der Waals surface area contributed by atoms with Crippen molar-refractivity contribution in [3.05, 3.63) is 60.7 Å². The fraction of sp³-hybridized carbons (Fsp3) is 0.250. The molecule has 5 nitrogen and oxygen atoms in total. The van der Waals surface area contributed by atoms with Gasteiger partial charge in [0.25, 0.3) is 0 Å². The Bertz CT molecular complexity index is 519. The predicted octanol–water partition coefficient (Wildman–Crippen LogP) is 4.33. The molecule has 0 aromatic heterocycles. The van der Waals surface area contributed by atoms with E-state index >= 15 is 0 Å². The minimum atomic E-state index is -4.20. The number of hydrogen-bond donors (Lipinski definition) is 3. The van der Waals surface area contributed by atoms with Crippen LogP contribution < -0.4 is 5.32 Å². The van der Waals surface area contributed by atoms with Crippen LogP contribution in [-0.2, 0) is 9.09 Å². The Labute approximate surface area is 131 Å². The van der Waals surface area contributed by atoms with Crippen LogP contribution in [0.25, 0.3) is 0 Å². The van der Waals surface area contributed by atoms with Crippen molar-refractivity contribution in [3.63, 3.8) is 0 Å². The number of hydrogen-bond acceptors (Lipinski definition) is 3. The lowest BCUT2D eigenvalue weighted by atomic mass is 10.3. The molecule has 0 aliphatic carbocycles. The van der Waals surface area contributed by atoms with Gasteiger partial charge >= 0.3 is 7.82 Å². The second-order valence-corrected chi connectivity index (χ2v) is 5.77. The summed E-state index contributed by atoms with van der Waals surface area (Å²) in [5, 5.41) is 3.30. The second kappa shape index (κ2) is 10.1. The summed E-state index contributed by atoms with van der Waals surface area (Å²) >= 11 is 0. The Balaban J connectivity index is 0.000000239. The van der Waals surface area contributed by atoms with Crippen molar-refractivity contribution in [1.82, 2.24) is 0 Å². The lowest BCUT2D eigenvalue weighted by Crippen LogP contribution is -1.90. The number of unbranched alkanes of at least 4 members (excludes halogenated alkanes) is 1. The smallest absolute Gasteiger partial charge is 0.356 e. The molecule has 0 heterocycles. The van der Waals surface area contributed by atoms with E-state index in [4.69, 9.17) is 9.79 Å². The molecular weight excluding hydrogens is 301 g/mol. The zero-order chi connectivity index (χ0) is 16.3. The maximum Gasteiger partial charge on any atom is 0.469 e. The van der Waals surface area contributed by atoms with Crippen LogP contribution in [0.2, 0.25) is 0 Å². The van der Waals surface area contributed by atoms with Crippen molar-refractivity contribution in [2.24, 2.45) is 0 Å².